The van der Waals surface area contributed by atoms with Crippen molar-refractivity contribution in [3.63, 3.8) is 0 Å². The first-order valence-corrected chi connectivity index (χ1v) is 8.01. The Labute approximate surface area is 113 Å². The van der Waals surface area contributed by atoms with Gasteiger partial charge >= 0.3 is 0 Å². The van der Waals surface area contributed by atoms with E-state index in [1.165, 1.54) is 38.5 Å². The van der Waals surface area contributed by atoms with Gasteiger partial charge in [0.15, 0.2) is 0 Å². The van der Waals surface area contributed by atoms with Crippen molar-refractivity contribution in [2.24, 2.45) is 23.5 Å². The van der Waals surface area contributed by atoms with Gasteiger partial charge < -0.3 is 10.5 Å². The molecule has 6 unspecified atom stereocenters. The quantitative estimate of drug-likeness (QED) is 0.831. The van der Waals surface area contributed by atoms with E-state index >= 15 is 0 Å². The van der Waals surface area contributed by atoms with Crippen molar-refractivity contribution in [3.8, 4) is 0 Å². The zero-order valence-electron chi connectivity index (χ0n) is 12.4. The highest BCUT2D eigenvalue weighted by Gasteiger charge is 2.35. The topological polar surface area (TPSA) is 35.2 Å². The van der Waals surface area contributed by atoms with Crippen LogP contribution in [0.15, 0.2) is 0 Å². The van der Waals surface area contributed by atoms with Crippen LogP contribution in [-0.2, 0) is 4.74 Å². The minimum absolute atomic E-state index is 0.255. The van der Waals surface area contributed by atoms with Gasteiger partial charge in [0.1, 0.15) is 0 Å². The molecule has 6 atom stereocenters. The van der Waals surface area contributed by atoms with Gasteiger partial charge in [-0.25, -0.2) is 0 Å². The molecule has 0 aromatic rings. The molecular weight excluding hydrogens is 222 g/mol. The molecule has 2 fully saturated rings. The molecule has 18 heavy (non-hydrogen) atoms. The summed E-state index contributed by atoms with van der Waals surface area (Å²) in [6.45, 7) is 6.95. The number of hydrogen-bond acceptors (Lipinski definition) is 2. The summed E-state index contributed by atoms with van der Waals surface area (Å²) >= 11 is 0. The standard InChI is InChI=1S/C16H31NO/c1-4-13-6-5-7-14(10-13)18-16-12(3)8-11(2)9-15(16)17/h11-16H,4-10,17H2,1-3H3. The van der Waals surface area contributed by atoms with Crippen molar-refractivity contribution in [1.29, 1.82) is 0 Å². The van der Waals surface area contributed by atoms with Crippen LogP contribution < -0.4 is 5.73 Å². The van der Waals surface area contributed by atoms with E-state index in [-0.39, 0.29) is 6.04 Å². The Morgan fingerprint density at radius 1 is 1.11 bits per heavy atom. The largest absolute Gasteiger partial charge is 0.373 e. The maximum atomic E-state index is 6.41. The summed E-state index contributed by atoms with van der Waals surface area (Å²) in [5, 5.41) is 0. The van der Waals surface area contributed by atoms with E-state index in [1.54, 1.807) is 0 Å². The van der Waals surface area contributed by atoms with Crippen LogP contribution in [0.1, 0.15) is 65.7 Å². The van der Waals surface area contributed by atoms with Gasteiger partial charge in [-0.1, -0.05) is 40.0 Å². The second kappa shape index (κ2) is 6.38. The van der Waals surface area contributed by atoms with E-state index in [0.29, 0.717) is 18.1 Å². The highest BCUT2D eigenvalue weighted by molar-refractivity contribution is 4.88. The molecule has 2 nitrogen and oxygen atoms in total. The lowest BCUT2D eigenvalue weighted by atomic mass is 9.78. The van der Waals surface area contributed by atoms with Gasteiger partial charge in [0.25, 0.3) is 0 Å². The Bertz CT molecular complexity index is 243. The lowest BCUT2D eigenvalue weighted by Gasteiger charge is -2.41. The molecule has 2 heteroatoms. The van der Waals surface area contributed by atoms with Crippen molar-refractivity contribution in [2.75, 3.05) is 0 Å². The fourth-order valence-electron chi connectivity index (χ4n) is 4.08. The first-order valence-electron chi connectivity index (χ1n) is 8.01. The van der Waals surface area contributed by atoms with Gasteiger partial charge in [0.2, 0.25) is 0 Å². The van der Waals surface area contributed by atoms with Crippen LogP contribution in [0.4, 0.5) is 0 Å². The monoisotopic (exact) mass is 253 g/mol. The minimum Gasteiger partial charge on any atom is -0.373 e. The average molecular weight is 253 g/mol. The van der Waals surface area contributed by atoms with Crippen LogP contribution in [0.5, 0.6) is 0 Å². The van der Waals surface area contributed by atoms with Gasteiger partial charge in [-0.05, 0) is 43.4 Å². The van der Waals surface area contributed by atoms with E-state index in [4.69, 9.17) is 10.5 Å². The van der Waals surface area contributed by atoms with E-state index in [1.807, 2.05) is 0 Å². The number of nitrogens with two attached hydrogens (primary N) is 1. The van der Waals surface area contributed by atoms with Gasteiger partial charge in [0.05, 0.1) is 12.2 Å². The van der Waals surface area contributed by atoms with E-state index in [9.17, 15) is 0 Å². The summed E-state index contributed by atoms with van der Waals surface area (Å²) in [4.78, 5) is 0. The maximum Gasteiger partial charge on any atom is 0.0755 e. The fraction of sp³-hybridized carbons (Fsp3) is 1.00. The van der Waals surface area contributed by atoms with E-state index in [0.717, 1.165) is 18.3 Å². The van der Waals surface area contributed by atoms with Gasteiger partial charge in [0, 0.05) is 6.04 Å². The summed E-state index contributed by atoms with van der Waals surface area (Å²) in [7, 11) is 0. The molecule has 0 bridgehead atoms. The Balaban J connectivity index is 1.87. The second-order valence-electron chi connectivity index (χ2n) is 6.88. The van der Waals surface area contributed by atoms with Crippen molar-refractivity contribution in [3.05, 3.63) is 0 Å². The summed E-state index contributed by atoms with van der Waals surface area (Å²) in [6, 6.07) is 0.255. The zero-order chi connectivity index (χ0) is 13.1. The average Bonchev–Trinajstić information content (AvgIpc) is 2.34. The Hall–Kier alpha value is -0.0800. The Kier molecular flexibility index (Phi) is 5.08. The lowest BCUT2D eigenvalue weighted by molar-refractivity contribution is -0.0907. The number of ether oxygens (including phenoxy) is 1. The number of hydrogen-bond donors (Lipinski definition) is 1. The molecule has 0 aromatic carbocycles. The van der Waals surface area contributed by atoms with Crippen LogP contribution in [0, 0.1) is 17.8 Å². The van der Waals surface area contributed by atoms with Crippen LogP contribution in [0.2, 0.25) is 0 Å². The van der Waals surface area contributed by atoms with Gasteiger partial charge in [-0.2, -0.15) is 0 Å². The molecule has 0 saturated heterocycles. The lowest BCUT2D eigenvalue weighted by Crippen LogP contribution is -2.48. The third-order valence-corrected chi connectivity index (χ3v) is 5.09. The molecule has 2 aliphatic carbocycles. The third-order valence-electron chi connectivity index (χ3n) is 5.09. The summed E-state index contributed by atoms with van der Waals surface area (Å²) in [5.41, 5.74) is 6.32. The summed E-state index contributed by atoms with van der Waals surface area (Å²) < 4.78 is 6.41. The van der Waals surface area contributed by atoms with Crippen molar-refractivity contribution in [2.45, 2.75) is 84.0 Å². The first-order chi connectivity index (χ1) is 8.60. The molecule has 0 amide bonds. The van der Waals surface area contributed by atoms with Crippen LogP contribution in [0.3, 0.4) is 0 Å². The molecule has 2 saturated carbocycles. The maximum absolute atomic E-state index is 6.41. The summed E-state index contributed by atoms with van der Waals surface area (Å²) in [6.07, 6.45) is 9.78. The Morgan fingerprint density at radius 3 is 2.56 bits per heavy atom. The molecular formula is C16H31NO. The van der Waals surface area contributed by atoms with Crippen molar-refractivity contribution >= 4 is 0 Å². The Morgan fingerprint density at radius 2 is 1.89 bits per heavy atom. The van der Waals surface area contributed by atoms with E-state index in [2.05, 4.69) is 20.8 Å². The minimum atomic E-state index is 0.255. The molecule has 2 aliphatic rings. The van der Waals surface area contributed by atoms with Crippen molar-refractivity contribution < 1.29 is 4.74 Å². The summed E-state index contributed by atoms with van der Waals surface area (Å²) in [5.74, 6) is 2.29. The van der Waals surface area contributed by atoms with Crippen LogP contribution in [0.25, 0.3) is 0 Å². The predicted molar refractivity (Wildman–Crippen MR) is 76.4 cm³/mol. The SMILES string of the molecule is CCC1CCCC(OC2C(C)CC(C)CC2N)C1. The second-order valence-corrected chi connectivity index (χ2v) is 6.88. The van der Waals surface area contributed by atoms with Crippen LogP contribution >= 0.6 is 0 Å². The highest BCUT2D eigenvalue weighted by atomic mass is 16.5. The molecule has 0 aliphatic heterocycles. The van der Waals surface area contributed by atoms with E-state index < -0.39 is 0 Å². The third kappa shape index (κ3) is 3.48. The molecule has 0 aromatic heterocycles. The smallest absolute Gasteiger partial charge is 0.0755 e. The molecule has 0 spiro atoms. The molecule has 2 N–H and O–H groups in total. The first kappa shape index (κ1) is 14.3. The van der Waals surface area contributed by atoms with Gasteiger partial charge in [-0.3, -0.25) is 0 Å². The number of rotatable bonds is 3. The predicted octanol–water partition coefficient (Wildman–Crippen LogP) is 3.73. The molecule has 106 valence electrons. The molecule has 2 rings (SSSR count). The highest BCUT2D eigenvalue weighted by Crippen LogP contribution is 2.34. The normalized spacial score (nSPS) is 46.0. The zero-order valence-corrected chi connectivity index (χ0v) is 12.4. The fourth-order valence-corrected chi connectivity index (χ4v) is 4.08. The molecule has 0 radical (unpaired) electrons. The van der Waals surface area contributed by atoms with Crippen LogP contribution in [-0.4, -0.2) is 18.2 Å². The van der Waals surface area contributed by atoms with Crippen molar-refractivity contribution in [1.82, 2.24) is 0 Å². The van der Waals surface area contributed by atoms with Gasteiger partial charge in [-0.15, -0.1) is 0 Å². The molecule has 0 heterocycles.